The SMILES string of the molecule is Cc1sc2ccc(Cl)cc2c1Cn1cc(C)c2ccccc21. The van der Waals surface area contributed by atoms with Crippen LogP contribution in [0.3, 0.4) is 0 Å². The van der Waals surface area contributed by atoms with E-state index in [1.54, 1.807) is 0 Å². The Morgan fingerprint density at radius 2 is 1.86 bits per heavy atom. The molecule has 2 aromatic heterocycles. The molecule has 0 fully saturated rings. The monoisotopic (exact) mass is 325 g/mol. The van der Waals surface area contributed by atoms with Crippen molar-refractivity contribution in [2.75, 3.05) is 0 Å². The average molecular weight is 326 g/mol. The summed E-state index contributed by atoms with van der Waals surface area (Å²) in [5, 5.41) is 3.42. The number of hydrogen-bond donors (Lipinski definition) is 0. The molecule has 22 heavy (non-hydrogen) atoms. The van der Waals surface area contributed by atoms with Crippen molar-refractivity contribution < 1.29 is 0 Å². The van der Waals surface area contributed by atoms with Gasteiger partial charge in [-0.25, -0.2) is 0 Å². The van der Waals surface area contributed by atoms with Crippen LogP contribution in [0.1, 0.15) is 16.0 Å². The van der Waals surface area contributed by atoms with Crippen molar-refractivity contribution in [2.24, 2.45) is 0 Å². The van der Waals surface area contributed by atoms with Gasteiger partial charge in [0.1, 0.15) is 0 Å². The van der Waals surface area contributed by atoms with Gasteiger partial charge in [0.15, 0.2) is 0 Å². The summed E-state index contributed by atoms with van der Waals surface area (Å²) in [7, 11) is 0. The lowest BCUT2D eigenvalue weighted by Gasteiger charge is -2.06. The van der Waals surface area contributed by atoms with E-state index in [0.29, 0.717) is 0 Å². The van der Waals surface area contributed by atoms with E-state index in [2.05, 4.69) is 61.0 Å². The minimum absolute atomic E-state index is 0.806. The number of aryl methyl sites for hydroxylation is 2. The van der Waals surface area contributed by atoms with Crippen LogP contribution in [0, 0.1) is 13.8 Å². The first-order valence-electron chi connectivity index (χ1n) is 7.35. The first-order chi connectivity index (χ1) is 10.6. The highest BCUT2D eigenvalue weighted by molar-refractivity contribution is 7.19. The molecule has 4 aromatic rings. The Balaban J connectivity index is 1.89. The second-order valence-corrected chi connectivity index (χ2v) is 7.43. The van der Waals surface area contributed by atoms with Crippen LogP contribution < -0.4 is 0 Å². The number of hydrogen-bond acceptors (Lipinski definition) is 1. The lowest BCUT2D eigenvalue weighted by atomic mass is 10.1. The van der Waals surface area contributed by atoms with Crippen molar-refractivity contribution in [2.45, 2.75) is 20.4 Å². The Labute approximate surface area is 138 Å². The van der Waals surface area contributed by atoms with Gasteiger partial charge in [-0.1, -0.05) is 29.8 Å². The van der Waals surface area contributed by atoms with E-state index in [1.165, 1.54) is 37.0 Å². The third-order valence-corrected chi connectivity index (χ3v) is 5.63. The highest BCUT2D eigenvalue weighted by Gasteiger charge is 2.12. The van der Waals surface area contributed by atoms with Gasteiger partial charge in [-0.2, -0.15) is 0 Å². The van der Waals surface area contributed by atoms with Crippen molar-refractivity contribution in [3.05, 3.63) is 69.7 Å². The van der Waals surface area contributed by atoms with Gasteiger partial charge in [-0.05, 0) is 54.6 Å². The molecule has 0 aliphatic carbocycles. The quantitative estimate of drug-likeness (QED) is 0.415. The number of aromatic nitrogens is 1. The molecule has 0 aliphatic rings. The van der Waals surface area contributed by atoms with E-state index in [-0.39, 0.29) is 0 Å². The Bertz CT molecular complexity index is 993. The molecule has 4 rings (SSSR count). The molecule has 0 N–H and O–H groups in total. The highest BCUT2D eigenvalue weighted by Crippen LogP contribution is 2.34. The number of halogens is 1. The molecule has 0 amide bonds. The zero-order valence-corrected chi connectivity index (χ0v) is 14.1. The molecule has 1 nitrogen and oxygen atoms in total. The fraction of sp³-hybridized carbons (Fsp3) is 0.158. The molecule has 0 atom stereocenters. The van der Waals surface area contributed by atoms with Crippen LogP contribution >= 0.6 is 22.9 Å². The smallest absolute Gasteiger partial charge is 0.0493 e. The largest absolute Gasteiger partial charge is 0.343 e. The number of thiophene rings is 1. The molecule has 2 aromatic carbocycles. The predicted molar refractivity (Wildman–Crippen MR) is 97.3 cm³/mol. The number of para-hydroxylation sites is 1. The van der Waals surface area contributed by atoms with Crippen LogP contribution in [0.4, 0.5) is 0 Å². The standard InChI is InChI=1S/C19H16ClNS/c1-12-10-21(18-6-4-3-5-15(12)18)11-17-13(2)22-19-8-7-14(20)9-16(17)19/h3-10H,11H2,1-2H3. The normalized spacial score (nSPS) is 11.6. The molecular formula is C19H16ClNS. The molecular weight excluding hydrogens is 310 g/mol. The van der Waals surface area contributed by atoms with Gasteiger partial charge in [0.25, 0.3) is 0 Å². The molecule has 0 radical (unpaired) electrons. The predicted octanol–water partition coefficient (Wildman–Crippen LogP) is 6.17. The molecule has 3 heteroatoms. The van der Waals surface area contributed by atoms with Crippen molar-refractivity contribution in [1.82, 2.24) is 4.57 Å². The van der Waals surface area contributed by atoms with Crippen LogP contribution in [0.15, 0.2) is 48.7 Å². The Morgan fingerprint density at radius 3 is 2.73 bits per heavy atom. The molecule has 2 heterocycles. The minimum atomic E-state index is 0.806. The third kappa shape index (κ3) is 2.15. The summed E-state index contributed by atoms with van der Waals surface area (Å²) in [6.45, 7) is 5.27. The van der Waals surface area contributed by atoms with Crippen LogP contribution in [-0.4, -0.2) is 4.57 Å². The number of benzene rings is 2. The molecule has 110 valence electrons. The van der Waals surface area contributed by atoms with Gasteiger partial charge >= 0.3 is 0 Å². The summed E-state index contributed by atoms with van der Waals surface area (Å²) in [5.74, 6) is 0. The Kier molecular flexibility index (Phi) is 3.24. The number of fused-ring (bicyclic) bond motifs is 2. The molecule has 0 aliphatic heterocycles. The maximum absolute atomic E-state index is 6.20. The van der Waals surface area contributed by atoms with Gasteiger partial charge in [0.05, 0.1) is 0 Å². The molecule has 0 unspecified atom stereocenters. The lowest BCUT2D eigenvalue weighted by Crippen LogP contribution is -1.98. The van der Waals surface area contributed by atoms with Crippen molar-refractivity contribution in [3.8, 4) is 0 Å². The number of rotatable bonds is 2. The van der Waals surface area contributed by atoms with Gasteiger partial charge in [0.2, 0.25) is 0 Å². The maximum Gasteiger partial charge on any atom is 0.0493 e. The summed E-state index contributed by atoms with van der Waals surface area (Å²) >= 11 is 8.05. The average Bonchev–Trinajstić information content (AvgIpc) is 2.99. The number of nitrogens with zero attached hydrogens (tertiary/aromatic N) is 1. The van der Waals surface area contributed by atoms with E-state index in [0.717, 1.165) is 11.6 Å². The van der Waals surface area contributed by atoms with Crippen LogP contribution in [-0.2, 0) is 6.54 Å². The Morgan fingerprint density at radius 1 is 1.05 bits per heavy atom. The Hall–Kier alpha value is -1.77. The van der Waals surface area contributed by atoms with Crippen molar-refractivity contribution >= 4 is 43.9 Å². The van der Waals surface area contributed by atoms with Gasteiger partial charge in [-0.15, -0.1) is 11.3 Å². The first-order valence-corrected chi connectivity index (χ1v) is 8.55. The second-order valence-electron chi connectivity index (χ2n) is 5.73. The summed E-state index contributed by atoms with van der Waals surface area (Å²) < 4.78 is 3.66. The minimum Gasteiger partial charge on any atom is -0.343 e. The second kappa shape index (κ2) is 5.15. The molecule has 0 saturated carbocycles. The van der Waals surface area contributed by atoms with Crippen molar-refractivity contribution in [3.63, 3.8) is 0 Å². The summed E-state index contributed by atoms with van der Waals surface area (Å²) in [5.41, 5.74) is 4.00. The van der Waals surface area contributed by atoms with E-state index in [1.807, 2.05) is 17.4 Å². The van der Waals surface area contributed by atoms with Gasteiger partial charge in [0, 0.05) is 38.2 Å². The lowest BCUT2D eigenvalue weighted by molar-refractivity contribution is 0.838. The summed E-state index contributed by atoms with van der Waals surface area (Å²) in [6.07, 6.45) is 2.25. The third-order valence-electron chi connectivity index (χ3n) is 4.27. The topological polar surface area (TPSA) is 4.93 Å². The molecule has 0 spiro atoms. The van der Waals surface area contributed by atoms with Gasteiger partial charge in [-0.3, -0.25) is 0 Å². The van der Waals surface area contributed by atoms with Crippen LogP contribution in [0.25, 0.3) is 21.0 Å². The molecule has 0 saturated heterocycles. The molecule has 0 bridgehead atoms. The van der Waals surface area contributed by atoms with Gasteiger partial charge < -0.3 is 4.57 Å². The maximum atomic E-state index is 6.20. The summed E-state index contributed by atoms with van der Waals surface area (Å²) in [4.78, 5) is 1.37. The van der Waals surface area contributed by atoms with Crippen molar-refractivity contribution in [1.29, 1.82) is 0 Å². The van der Waals surface area contributed by atoms with E-state index >= 15 is 0 Å². The fourth-order valence-corrected chi connectivity index (χ4v) is 4.40. The fourth-order valence-electron chi connectivity index (χ4n) is 3.17. The van der Waals surface area contributed by atoms with E-state index < -0.39 is 0 Å². The zero-order chi connectivity index (χ0) is 15.3. The van der Waals surface area contributed by atoms with E-state index in [4.69, 9.17) is 11.6 Å². The van der Waals surface area contributed by atoms with Crippen LogP contribution in [0.2, 0.25) is 5.02 Å². The summed E-state index contributed by atoms with van der Waals surface area (Å²) in [6, 6.07) is 14.8. The van der Waals surface area contributed by atoms with Crippen LogP contribution in [0.5, 0.6) is 0 Å². The first kappa shape index (κ1) is 13.9. The van der Waals surface area contributed by atoms with E-state index in [9.17, 15) is 0 Å². The highest BCUT2D eigenvalue weighted by atomic mass is 35.5. The zero-order valence-electron chi connectivity index (χ0n) is 12.6.